The highest BCUT2D eigenvalue weighted by atomic mass is 16.6. The number of hydrogen-bond donors (Lipinski definition) is 1. The lowest BCUT2D eigenvalue weighted by Gasteiger charge is -2.06. The number of nitrogens with one attached hydrogen (secondary N) is 1. The zero-order valence-corrected chi connectivity index (χ0v) is 13.3. The third kappa shape index (κ3) is 2.96. The number of anilines is 1. The summed E-state index contributed by atoms with van der Waals surface area (Å²) in [5.74, 6) is -0.248. The van der Waals surface area contributed by atoms with E-state index in [1.807, 2.05) is 36.6 Å². The molecule has 1 N–H and O–H groups in total. The van der Waals surface area contributed by atoms with Crippen molar-refractivity contribution in [2.75, 3.05) is 5.32 Å². The molecule has 2 heterocycles. The molecule has 1 amide bonds. The van der Waals surface area contributed by atoms with Crippen LogP contribution in [0.1, 0.15) is 17.0 Å². The van der Waals surface area contributed by atoms with E-state index in [0.717, 1.165) is 22.6 Å². The van der Waals surface area contributed by atoms with Crippen molar-refractivity contribution in [1.29, 1.82) is 0 Å². The van der Waals surface area contributed by atoms with Crippen LogP contribution in [0, 0.1) is 24.0 Å². The Hall–Kier alpha value is -3.22. The van der Waals surface area contributed by atoms with Crippen molar-refractivity contribution in [1.82, 2.24) is 9.38 Å². The minimum Gasteiger partial charge on any atom is -0.325 e. The van der Waals surface area contributed by atoms with Gasteiger partial charge in [0.25, 0.3) is 5.69 Å². The zero-order chi connectivity index (χ0) is 17.3. The van der Waals surface area contributed by atoms with E-state index in [-0.39, 0.29) is 18.0 Å². The van der Waals surface area contributed by atoms with Crippen molar-refractivity contribution in [2.45, 2.75) is 20.3 Å². The minimum atomic E-state index is -0.493. The molecule has 0 aliphatic rings. The van der Waals surface area contributed by atoms with Gasteiger partial charge in [0.1, 0.15) is 5.65 Å². The van der Waals surface area contributed by atoms with E-state index < -0.39 is 4.92 Å². The average Bonchev–Trinajstić information content (AvgIpc) is 2.85. The van der Waals surface area contributed by atoms with Crippen molar-refractivity contribution in [2.24, 2.45) is 0 Å². The maximum Gasteiger partial charge on any atom is 0.271 e. The number of non-ortho nitro benzene ring substituents is 1. The summed E-state index contributed by atoms with van der Waals surface area (Å²) in [4.78, 5) is 27.1. The summed E-state index contributed by atoms with van der Waals surface area (Å²) in [6, 6.07) is 9.75. The van der Waals surface area contributed by atoms with Crippen LogP contribution in [0.2, 0.25) is 0 Å². The molecule has 1 aromatic carbocycles. The maximum absolute atomic E-state index is 12.3. The fourth-order valence-corrected chi connectivity index (χ4v) is 2.63. The predicted octanol–water partition coefficient (Wildman–Crippen LogP) is 3.04. The molecule has 0 atom stereocenters. The van der Waals surface area contributed by atoms with E-state index in [1.54, 1.807) is 6.07 Å². The van der Waals surface area contributed by atoms with Crippen molar-refractivity contribution in [3.63, 3.8) is 0 Å². The van der Waals surface area contributed by atoms with Gasteiger partial charge in [0.15, 0.2) is 0 Å². The quantitative estimate of drug-likeness (QED) is 0.590. The Morgan fingerprint density at radius 3 is 2.83 bits per heavy atom. The third-order valence-electron chi connectivity index (χ3n) is 3.81. The SMILES string of the molecule is Cc1nc2c(C)cccn2c1CC(=O)Nc1cccc([N+](=O)[O-])c1. The van der Waals surface area contributed by atoms with Crippen LogP contribution in [0.3, 0.4) is 0 Å². The highest BCUT2D eigenvalue weighted by molar-refractivity contribution is 5.92. The van der Waals surface area contributed by atoms with Gasteiger partial charge in [-0.3, -0.25) is 14.9 Å². The van der Waals surface area contributed by atoms with Crippen molar-refractivity contribution >= 4 is 22.9 Å². The second kappa shape index (κ2) is 6.11. The molecule has 0 bridgehead atoms. The molecule has 3 rings (SSSR count). The molecule has 0 fully saturated rings. The summed E-state index contributed by atoms with van der Waals surface area (Å²) < 4.78 is 1.90. The van der Waals surface area contributed by atoms with E-state index in [0.29, 0.717) is 5.69 Å². The Bertz CT molecular complexity index is 946. The standard InChI is InChI=1S/C17H16N4O3/c1-11-5-4-8-20-15(12(2)18-17(11)20)10-16(22)19-13-6-3-7-14(9-13)21(23)24/h3-9H,10H2,1-2H3,(H,19,22). The highest BCUT2D eigenvalue weighted by Crippen LogP contribution is 2.19. The maximum atomic E-state index is 12.3. The Kier molecular flexibility index (Phi) is 3.99. The van der Waals surface area contributed by atoms with Crippen LogP contribution in [-0.2, 0) is 11.2 Å². The molecule has 2 aromatic heterocycles. The van der Waals surface area contributed by atoms with Crippen molar-refractivity contribution in [3.8, 4) is 0 Å². The van der Waals surface area contributed by atoms with E-state index in [2.05, 4.69) is 10.3 Å². The van der Waals surface area contributed by atoms with Gasteiger partial charge in [-0.1, -0.05) is 12.1 Å². The number of aromatic nitrogens is 2. The highest BCUT2D eigenvalue weighted by Gasteiger charge is 2.15. The van der Waals surface area contributed by atoms with Gasteiger partial charge in [-0.2, -0.15) is 0 Å². The molecular formula is C17H16N4O3. The van der Waals surface area contributed by atoms with Crippen LogP contribution in [0.15, 0.2) is 42.6 Å². The number of aryl methyl sites for hydroxylation is 2. The predicted molar refractivity (Wildman–Crippen MR) is 90.1 cm³/mol. The number of fused-ring (bicyclic) bond motifs is 1. The summed E-state index contributed by atoms with van der Waals surface area (Å²) in [7, 11) is 0. The topological polar surface area (TPSA) is 89.5 Å². The number of nitrogens with zero attached hydrogens (tertiary/aromatic N) is 3. The molecule has 0 unspecified atom stereocenters. The van der Waals surface area contributed by atoms with E-state index >= 15 is 0 Å². The number of benzene rings is 1. The van der Waals surface area contributed by atoms with Gasteiger partial charge in [0, 0.05) is 24.0 Å². The fraction of sp³-hybridized carbons (Fsp3) is 0.176. The fourth-order valence-electron chi connectivity index (χ4n) is 2.63. The third-order valence-corrected chi connectivity index (χ3v) is 3.81. The Balaban J connectivity index is 1.83. The largest absolute Gasteiger partial charge is 0.325 e. The van der Waals surface area contributed by atoms with Gasteiger partial charge in [-0.15, -0.1) is 0 Å². The van der Waals surface area contributed by atoms with E-state index in [9.17, 15) is 14.9 Å². The summed E-state index contributed by atoms with van der Waals surface area (Å²) in [6.07, 6.45) is 2.01. The number of pyridine rings is 1. The van der Waals surface area contributed by atoms with Crippen molar-refractivity contribution < 1.29 is 9.72 Å². The molecule has 3 aromatic rings. The number of carbonyl (C=O) groups is 1. The van der Waals surface area contributed by atoms with Crippen LogP contribution in [0.4, 0.5) is 11.4 Å². The summed E-state index contributed by atoms with van der Waals surface area (Å²) in [5.41, 5.74) is 3.79. The van der Waals surface area contributed by atoms with Crippen molar-refractivity contribution in [3.05, 3.63) is 69.7 Å². The second-order valence-corrected chi connectivity index (χ2v) is 5.56. The van der Waals surface area contributed by atoms with Gasteiger partial charge in [-0.25, -0.2) is 4.98 Å². The summed E-state index contributed by atoms with van der Waals surface area (Å²) in [6.45, 7) is 3.83. The molecule has 0 spiro atoms. The molecule has 122 valence electrons. The monoisotopic (exact) mass is 324 g/mol. The Morgan fingerprint density at radius 1 is 1.29 bits per heavy atom. The number of nitro groups is 1. The molecular weight excluding hydrogens is 308 g/mol. The molecule has 0 saturated heterocycles. The van der Waals surface area contributed by atoms with Crippen LogP contribution in [-0.4, -0.2) is 20.2 Å². The van der Waals surface area contributed by atoms with Crippen LogP contribution >= 0.6 is 0 Å². The van der Waals surface area contributed by atoms with Gasteiger partial charge >= 0.3 is 0 Å². The zero-order valence-electron chi connectivity index (χ0n) is 13.3. The first-order valence-corrected chi connectivity index (χ1v) is 7.43. The average molecular weight is 324 g/mol. The molecule has 24 heavy (non-hydrogen) atoms. The molecule has 0 aliphatic carbocycles. The summed E-state index contributed by atoms with van der Waals surface area (Å²) in [5, 5.41) is 13.5. The normalized spacial score (nSPS) is 10.8. The molecule has 7 nitrogen and oxygen atoms in total. The van der Waals surface area contributed by atoms with E-state index in [4.69, 9.17) is 0 Å². The van der Waals surface area contributed by atoms with Crippen LogP contribution < -0.4 is 5.32 Å². The molecule has 0 aliphatic heterocycles. The first-order chi connectivity index (χ1) is 11.5. The van der Waals surface area contributed by atoms with Gasteiger partial charge in [0.2, 0.25) is 5.91 Å². The number of nitro benzene ring substituents is 1. The van der Waals surface area contributed by atoms with Gasteiger partial charge < -0.3 is 9.72 Å². The number of carbonyl (C=O) groups excluding carboxylic acids is 1. The first kappa shape index (κ1) is 15.7. The molecule has 0 radical (unpaired) electrons. The Labute approximate surface area is 138 Å². The first-order valence-electron chi connectivity index (χ1n) is 7.43. The lowest BCUT2D eigenvalue weighted by atomic mass is 10.2. The lowest BCUT2D eigenvalue weighted by Crippen LogP contribution is -2.16. The number of rotatable bonds is 4. The van der Waals surface area contributed by atoms with Gasteiger partial charge in [-0.05, 0) is 31.5 Å². The minimum absolute atomic E-state index is 0.0607. The van der Waals surface area contributed by atoms with E-state index in [1.165, 1.54) is 18.2 Å². The van der Waals surface area contributed by atoms with Gasteiger partial charge in [0.05, 0.1) is 22.7 Å². The molecule has 7 heteroatoms. The number of imidazole rings is 1. The van der Waals surface area contributed by atoms with Crippen LogP contribution in [0.25, 0.3) is 5.65 Å². The molecule has 0 saturated carbocycles. The lowest BCUT2D eigenvalue weighted by molar-refractivity contribution is -0.384. The smallest absolute Gasteiger partial charge is 0.271 e. The summed E-state index contributed by atoms with van der Waals surface area (Å²) >= 11 is 0. The number of amides is 1. The van der Waals surface area contributed by atoms with Crippen LogP contribution in [0.5, 0.6) is 0 Å². The number of hydrogen-bond acceptors (Lipinski definition) is 4. The second-order valence-electron chi connectivity index (χ2n) is 5.56. The Morgan fingerprint density at radius 2 is 2.08 bits per heavy atom.